The highest BCUT2D eigenvalue weighted by Gasteiger charge is 2.36. The van der Waals surface area contributed by atoms with E-state index in [-0.39, 0.29) is 18.9 Å². The molecule has 5 rings (SSSR count). The van der Waals surface area contributed by atoms with Crippen LogP contribution < -0.4 is 14.2 Å². The molecule has 0 aliphatic carbocycles. The number of ether oxygens (including phenoxy) is 3. The second kappa shape index (κ2) is 9.77. The minimum Gasteiger partial charge on any atom is -0.493 e. The van der Waals surface area contributed by atoms with Crippen LogP contribution in [0.5, 0.6) is 17.2 Å². The second-order valence-corrected chi connectivity index (χ2v) is 8.86. The zero-order chi connectivity index (χ0) is 25.2. The van der Waals surface area contributed by atoms with Crippen molar-refractivity contribution < 1.29 is 28.9 Å². The number of fused-ring (bicyclic) bond motifs is 3. The number of likely N-dealkylation sites (tertiary alicyclic amines) is 1. The zero-order valence-electron chi connectivity index (χ0n) is 20.2. The van der Waals surface area contributed by atoms with Crippen LogP contribution in [0.15, 0.2) is 66.7 Å². The first-order valence-electron chi connectivity index (χ1n) is 11.8. The molecule has 4 aromatic rings. The van der Waals surface area contributed by atoms with E-state index in [1.165, 1.54) is 4.90 Å². The predicted octanol–water partition coefficient (Wildman–Crippen LogP) is 5.16. The van der Waals surface area contributed by atoms with Crippen molar-refractivity contribution in [1.82, 2.24) is 4.90 Å². The average molecular weight is 486 g/mol. The number of amides is 1. The highest BCUT2D eigenvalue weighted by atomic mass is 16.5. The van der Waals surface area contributed by atoms with Crippen molar-refractivity contribution in [1.29, 1.82) is 0 Å². The number of aliphatic carboxylic acids is 1. The number of carbonyl (C=O) groups is 2. The van der Waals surface area contributed by atoms with Gasteiger partial charge in [-0.1, -0.05) is 36.4 Å². The topological polar surface area (TPSA) is 85.3 Å². The molecule has 1 aliphatic heterocycles. The van der Waals surface area contributed by atoms with Crippen LogP contribution in [-0.2, 0) is 22.7 Å². The molecule has 1 amide bonds. The molecule has 0 radical (unpaired) electrons. The molecule has 1 aliphatic rings. The van der Waals surface area contributed by atoms with Gasteiger partial charge in [0.15, 0.2) is 11.5 Å². The van der Waals surface area contributed by atoms with E-state index in [1.807, 2.05) is 66.7 Å². The zero-order valence-corrected chi connectivity index (χ0v) is 20.2. The van der Waals surface area contributed by atoms with Crippen LogP contribution in [0.2, 0.25) is 0 Å². The van der Waals surface area contributed by atoms with Gasteiger partial charge in [-0.05, 0) is 69.4 Å². The predicted molar refractivity (Wildman–Crippen MR) is 137 cm³/mol. The summed E-state index contributed by atoms with van der Waals surface area (Å²) < 4.78 is 17.2. The molecule has 36 heavy (non-hydrogen) atoms. The SMILES string of the molecule is COc1cc2c(CN3C(=O)CCC3C(=O)O)cc3ccc(OCc4ccccc4)cc3c2cc1OC. The lowest BCUT2D eigenvalue weighted by atomic mass is 9.96. The van der Waals surface area contributed by atoms with Crippen molar-refractivity contribution >= 4 is 33.4 Å². The molecular formula is C29H27NO6. The molecule has 0 bridgehead atoms. The second-order valence-electron chi connectivity index (χ2n) is 8.86. The lowest BCUT2D eigenvalue weighted by Gasteiger charge is -2.23. The minimum absolute atomic E-state index is 0.152. The maximum absolute atomic E-state index is 12.6. The van der Waals surface area contributed by atoms with E-state index < -0.39 is 12.0 Å². The number of rotatable bonds is 8. The van der Waals surface area contributed by atoms with E-state index in [0.29, 0.717) is 24.5 Å². The number of nitrogens with zero attached hydrogens (tertiary/aromatic N) is 1. The maximum atomic E-state index is 12.6. The van der Waals surface area contributed by atoms with Crippen LogP contribution >= 0.6 is 0 Å². The highest BCUT2D eigenvalue weighted by Crippen LogP contribution is 2.39. The lowest BCUT2D eigenvalue weighted by Crippen LogP contribution is -2.37. The summed E-state index contributed by atoms with van der Waals surface area (Å²) in [5.41, 5.74) is 1.92. The van der Waals surface area contributed by atoms with Gasteiger partial charge in [0.05, 0.1) is 14.2 Å². The van der Waals surface area contributed by atoms with Gasteiger partial charge in [0, 0.05) is 13.0 Å². The number of carboxylic acids is 1. The van der Waals surface area contributed by atoms with E-state index in [2.05, 4.69) is 0 Å². The molecule has 184 valence electrons. The number of carbonyl (C=O) groups excluding carboxylic acids is 1. The number of benzene rings is 4. The quantitative estimate of drug-likeness (QED) is 0.347. The summed E-state index contributed by atoms with van der Waals surface area (Å²) in [6, 6.07) is 20.9. The molecule has 1 unspecified atom stereocenters. The van der Waals surface area contributed by atoms with Crippen molar-refractivity contribution in [2.75, 3.05) is 14.2 Å². The Morgan fingerprint density at radius 2 is 1.67 bits per heavy atom. The van der Waals surface area contributed by atoms with Crippen LogP contribution in [0.25, 0.3) is 21.5 Å². The Morgan fingerprint density at radius 3 is 2.36 bits per heavy atom. The molecule has 1 N–H and O–H groups in total. The third-order valence-corrected chi connectivity index (χ3v) is 6.72. The first-order chi connectivity index (χ1) is 17.5. The summed E-state index contributed by atoms with van der Waals surface area (Å²) in [5, 5.41) is 13.3. The maximum Gasteiger partial charge on any atom is 0.326 e. The fraction of sp³-hybridized carbons (Fsp3) is 0.241. The summed E-state index contributed by atoms with van der Waals surface area (Å²) >= 11 is 0. The molecule has 7 nitrogen and oxygen atoms in total. The minimum atomic E-state index is -0.981. The van der Waals surface area contributed by atoms with Crippen molar-refractivity contribution in [2.45, 2.75) is 32.0 Å². The van der Waals surface area contributed by atoms with Gasteiger partial charge in [0.1, 0.15) is 18.4 Å². The van der Waals surface area contributed by atoms with Crippen molar-refractivity contribution in [2.24, 2.45) is 0 Å². The van der Waals surface area contributed by atoms with Gasteiger partial charge in [-0.25, -0.2) is 4.79 Å². The van der Waals surface area contributed by atoms with Crippen molar-refractivity contribution in [3.05, 3.63) is 77.9 Å². The molecule has 1 atom stereocenters. The Labute approximate surface area is 208 Å². The Balaban J connectivity index is 1.61. The molecule has 0 aromatic heterocycles. The van der Waals surface area contributed by atoms with Crippen LogP contribution in [0.4, 0.5) is 0 Å². The number of hydrogen-bond acceptors (Lipinski definition) is 5. The van der Waals surface area contributed by atoms with Gasteiger partial charge in [0.2, 0.25) is 5.91 Å². The van der Waals surface area contributed by atoms with Crippen LogP contribution in [0.3, 0.4) is 0 Å². The Bertz CT molecular complexity index is 1450. The molecular weight excluding hydrogens is 458 g/mol. The fourth-order valence-corrected chi connectivity index (χ4v) is 4.86. The summed E-state index contributed by atoms with van der Waals surface area (Å²) in [7, 11) is 3.16. The molecule has 1 saturated heterocycles. The third kappa shape index (κ3) is 4.40. The summed E-state index contributed by atoms with van der Waals surface area (Å²) in [5.74, 6) is 0.742. The number of methoxy groups -OCH3 is 2. The molecule has 0 spiro atoms. The van der Waals surface area contributed by atoms with Crippen LogP contribution in [-0.4, -0.2) is 42.1 Å². The molecule has 1 fully saturated rings. The van der Waals surface area contributed by atoms with E-state index in [0.717, 1.165) is 38.4 Å². The van der Waals surface area contributed by atoms with Gasteiger partial charge in [-0.15, -0.1) is 0 Å². The highest BCUT2D eigenvalue weighted by molar-refractivity contribution is 6.10. The van der Waals surface area contributed by atoms with Crippen LogP contribution in [0, 0.1) is 0 Å². The molecule has 4 aromatic carbocycles. The van der Waals surface area contributed by atoms with E-state index >= 15 is 0 Å². The normalized spacial score (nSPS) is 15.4. The van der Waals surface area contributed by atoms with E-state index in [9.17, 15) is 14.7 Å². The Morgan fingerprint density at radius 1 is 0.944 bits per heavy atom. The van der Waals surface area contributed by atoms with Crippen LogP contribution in [0.1, 0.15) is 24.0 Å². The molecule has 1 heterocycles. The summed E-state index contributed by atoms with van der Waals surface area (Å²) in [6.45, 7) is 0.650. The average Bonchev–Trinajstić information content (AvgIpc) is 3.27. The van der Waals surface area contributed by atoms with Gasteiger partial charge in [-0.2, -0.15) is 0 Å². The van der Waals surface area contributed by atoms with E-state index in [4.69, 9.17) is 14.2 Å². The first-order valence-corrected chi connectivity index (χ1v) is 11.8. The van der Waals surface area contributed by atoms with Crippen molar-refractivity contribution in [3.63, 3.8) is 0 Å². The third-order valence-electron chi connectivity index (χ3n) is 6.72. The van der Waals surface area contributed by atoms with E-state index in [1.54, 1.807) is 14.2 Å². The molecule has 7 heteroatoms. The lowest BCUT2D eigenvalue weighted by molar-refractivity contribution is -0.146. The largest absolute Gasteiger partial charge is 0.493 e. The van der Waals surface area contributed by atoms with Gasteiger partial charge < -0.3 is 24.2 Å². The summed E-state index contributed by atoms with van der Waals surface area (Å²) in [6.07, 6.45) is 0.556. The monoisotopic (exact) mass is 485 g/mol. The smallest absolute Gasteiger partial charge is 0.326 e. The van der Waals surface area contributed by atoms with Gasteiger partial charge >= 0.3 is 5.97 Å². The van der Waals surface area contributed by atoms with Gasteiger partial charge in [-0.3, -0.25) is 4.79 Å². The van der Waals surface area contributed by atoms with Crippen molar-refractivity contribution in [3.8, 4) is 17.2 Å². The Kier molecular flexibility index (Phi) is 6.38. The Hall–Kier alpha value is -4.26. The number of hydrogen-bond donors (Lipinski definition) is 1. The molecule has 0 saturated carbocycles. The standard InChI is InChI=1S/C29H27NO6/c1-34-26-14-23-20(16-30-25(29(32)33)10-11-28(30)31)12-19-8-9-21(36-17-18-6-4-3-5-7-18)13-22(19)24(23)15-27(26)35-2/h3-9,12-15,25H,10-11,16-17H2,1-2H3,(H,32,33). The fourth-order valence-electron chi connectivity index (χ4n) is 4.86. The summed E-state index contributed by atoms with van der Waals surface area (Å²) in [4.78, 5) is 25.8. The number of carboxylic acid groups (broad SMARTS) is 1. The van der Waals surface area contributed by atoms with Gasteiger partial charge in [0.25, 0.3) is 0 Å². The first kappa shape index (κ1) is 23.5.